The zero-order chi connectivity index (χ0) is 28.1. The first-order valence-electron chi connectivity index (χ1n) is 12.9. The molecule has 1 aromatic heterocycles. The number of benzene rings is 3. The lowest BCUT2D eigenvalue weighted by Gasteiger charge is -2.28. The van der Waals surface area contributed by atoms with Gasteiger partial charge in [0.15, 0.2) is 5.82 Å². The average Bonchev–Trinajstić information content (AvgIpc) is 2.97. The van der Waals surface area contributed by atoms with Crippen molar-refractivity contribution >= 4 is 40.6 Å². The molecule has 0 bridgehead atoms. The molecular weight excluding hydrogens is 508 g/mol. The highest BCUT2D eigenvalue weighted by atomic mass is 16.5. The first-order valence-corrected chi connectivity index (χ1v) is 12.9. The fourth-order valence-electron chi connectivity index (χ4n) is 4.46. The largest absolute Gasteiger partial charge is 0.392 e. The molecule has 0 radical (unpaired) electrons. The van der Waals surface area contributed by atoms with E-state index in [2.05, 4.69) is 30.5 Å². The number of nitrogens with one attached hydrogen (secondary N) is 2. The number of aromatic nitrogens is 3. The van der Waals surface area contributed by atoms with E-state index >= 15 is 0 Å². The molecule has 11 nitrogen and oxygen atoms in total. The molecule has 1 aliphatic rings. The molecule has 1 saturated heterocycles. The molecule has 11 heteroatoms. The zero-order valence-corrected chi connectivity index (χ0v) is 22.5. The minimum absolute atomic E-state index is 0.0248. The summed E-state index contributed by atoms with van der Waals surface area (Å²) < 4.78 is 5.43. The van der Waals surface area contributed by atoms with Gasteiger partial charge in [-0.05, 0) is 54.6 Å². The number of aliphatic hydroxyl groups is 1. The zero-order valence-electron chi connectivity index (χ0n) is 22.5. The second kappa shape index (κ2) is 12.0. The van der Waals surface area contributed by atoms with Crippen LogP contribution >= 0.6 is 0 Å². The molecule has 2 heterocycles. The molecule has 5 N–H and O–H groups in total. The van der Waals surface area contributed by atoms with Gasteiger partial charge in [-0.2, -0.15) is 15.0 Å². The summed E-state index contributed by atoms with van der Waals surface area (Å²) in [6.45, 7) is 2.81. The molecule has 1 aliphatic heterocycles. The molecule has 5 rings (SSSR count). The Morgan fingerprint density at radius 3 is 2.40 bits per heavy atom. The third-order valence-electron chi connectivity index (χ3n) is 6.62. The fraction of sp³-hybridized carbons (Fsp3) is 0.241. The number of anilines is 6. The van der Waals surface area contributed by atoms with Gasteiger partial charge in [0.25, 0.3) is 5.91 Å². The lowest BCUT2D eigenvalue weighted by molar-refractivity contribution is 0.102. The summed E-state index contributed by atoms with van der Waals surface area (Å²) >= 11 is 0. The highest BCUT2D eigenvalue weighted by Gasteiger charge is 2.17. The maximum absolute atomic E-state index is 13.0. The average molecular weight is 541 g/mol. The summed E-state index contributed by atoms with van der Waals surface area (Å²) in [4.78, 5) is 30.3. The molecule has 1 fully saturated rings. The SMILES string of the molecule is CN(C)c1ccc(C(=O)Nc2cccc(-c3nc(N)nc(Nc4ccc(N5CCOCC5)cc4)n3)c2CO)cc1. The summed E-state index contributed by atoms with van der Waals surface area (Å²) in [6.07, 6.45) is 0. The van der Waals surface area contributed by atoms with Crippen LogP contribution in [0.1, 0.15) is 15.9 Å². The number of ether oxygens (including phenoxy) is 1. The third-order valence-corrected chi connectivity index (χ3v) is 6.62. The van der Waals surface area contributed by atoms with Crippen molar-refractivity contribution in [2.24, 2.45) is 0 Å². The van der Waals surface area contributed by atoms with Crippen LogP contribution in [0.3, 0.4) is 0 Å². The maximum atomic E-state index is 13.0. The quantitative estimate of drug-likeness (QED) is 0.262. The van der Waals surface area contributed by atoms with Crippen molar-refractivity contribution in [3.8, 4) is 11.4 Å². The number of carbonyl (C=O) groups excluding carboxylic acids is 1. The Bertz CT molecular complexity index is 1470. The van der Waals surface area contributed by atoms with Crippen LogP contribution in [0.15, 0.2) is 66.7 Å². The second-order valence-electron chi connectivity index (χ2n) is 9.50. The number of nitrogens with zero attached hydrogens (tertiary/aromatic N) is 5. The molecule has 206 valence electrons. The highest BCUT2D eigenvalue weighted by Crippen LogP contribution is 2.29. The molecular formula is C29H32N8O3. The smallest absolute Gasteiger partial charge is 0.255 e. The number of carbonyl (C=O) groups is 1. The topological polar surface area (TPSA) is 142 Å². The predicted molar refractivity (Wildman–Crippen MR) is 157 cm³/mol. The number of rotatable bonds is 8. The first-order chi connectivity index (χ1) is 19.4. The van der Waals surface area contributed by atoms with Gasteiger partial charge in [-0.3, -0.25) is 4.79 Å². The van der Waals surface area contributed by atoms with E-state index in [9.17, 15) is 9.90 Å². The summed E-state index contributed by atoms with van der Waals surface area (Å²) in [6, 6.07) is 20.5. The summed E-state index contributed by atoms with van der Waals surface area (Å²) in [5.41, 5.74) is 10.9. The molecule has 1 amide bonds. The van der Waals surface area contributed by atoms with Crippen molar-refractivity contribution in [3.05, 3.63) is 77.9 Å². The van der Waals surface area contributed by atoms with Gasteiger partial charge in [0.05, 0.1) is 19.8 Å². The number of hydrogen-bond donors (Lipinski definition) is 4. The number of nitrogens with two attached hydrogens (primary N) is 1. The monoisotopic (exact) mass is 540 g/mol. The lowest BCUT2D eigenvalue weighted by Crippen LogP contribution is -2.36. The van der Waals surface area contributed by atoms with Crippen LogP contribution in [0.5, 0.6) is 0 Å². The fourth-order valence-corrected chi connectivity index (χ4v) is 4.46. The van der Waals surface area contributed by atoms with E-state index < -0.39 is 0 Å². The van der Waals surface area contributed by atoms with Crippen LogP contribution in [0.25, 0.3) is 11.4 Å². The summed E-state index contributed by atoms with van der Waals surface area (Å²) in [7, 11) is 3.87. The summed E-state index contributed by atoms with van der Waals surface area (Å²) in [5.74, 6) is 0.267. The summed E-state index contributed by atoms with van der Waals surface area (Å²) in [5, 5.41) is 16.3. The third kappa shape index (κ3) is 6.11. The molecule has 0 aliphatic carbocycles. The van der Waals surface area contributed by atoms with Crippen molar-refractivity contribution in [3.63, 3.8) is 0 Å². The van der Waals surface area contributed by atoms with Gasteiger partial charge >= 0.3 is 0 Å². The van der Waals surface area contributed by atoms with Gasteiger partial charge in [0, 0.05) is 66.6 Å². The number of morpholine rings is 1. The lowest BCUT2D eigenvalue weighted by atomic mass is 10.0. The standard InChI is InChI=1S/C29H32N8O3/c1-36(2)21-10-6-19(7-11-21)27(39)32-25-5-3-4-23(24(25)18-38)26-33-28(30)35-29(34-26)31-20-8-12-22(13-9-20)37-14-16-40-17-15-37/h3-13,38H,14-18H2,1-2H3,(H,32,39)(H3,30,31,33,34,35). The van der Waals surface area contributed by atoms with Crippen LogP contribution in [0.4, 0.5) is 34.6 Å². The van der Waals surface area contributed by atoms with Gasteiger partial charge in [-0.15, -0.1) is 0 Å². The van der Waals surface area contributed by atoms with Crippen molar-refractivity contribution < 1.29 is 14.6 Å². The van der Waals surface area contributed by atoms with Crippen LogP contribution < -0.4 is 26.2 Å². The molecule has 40 heavy (non-hydrogen) atoms. The Kier molecular flexibility index (Phi) is 8.04. The van der Waals surface area contributed by atoms with Crippen LogP contribution in [0.2, 0.25) is 0 Å². The van der Waals surface area contributed by atoms with Gasteiger partial charge in [0.1, 0.15) is 0 Å². The van der Waals surface area contributed by atoms with Gasteiger partial charge in [-0.25, -0.2) is 0 Å². The van der Waals surface area contributed by atoms with Crippen molar-refractivity contribution in [1.82, 2.24) is 15.0 Å². The van der Waals surface area contributed by atoms with E-state index in [-0.39, 0.29) is 30.2 Å². The Morgan fingerprint density at radius 1 is 1.00 bits per heavy atom. The van der Waals surface area contributed by atoms with Crippen LogP contribution in [-0.2, 0) is 11.3 Å². The molecule has 3 aromatic carbocycles. The van der Waals surface area contributed by atoms with E-state index in [4.69, 9.17) is 10.5 Å². The predicted octanol–water partition coefficient (Wildman–Crippen LogP) is 3.51. The first kappa shape index (κ1) is 26.9. The molecule has 0 atom stereocenters. The Hall–Kier alpha value is -4.74. The minimum Gasteiger partial charge on any atom is -0.392 e. The van der Waals surface area contributed by atoms with E-state index in [0.717, 1.165) is 43.4 Å². The van der Waals surface area contributed by atoms with Crippen molar-refractivity contribution in [1.29, 1.82) is 0 Å². The van der Waals surface area contributed by atoms with Crippen LogP contribution in [0, 0.1) is 0 Å². The highest BCUT2D eigenvalue weighted by molar-refractivity contribution is 6.05. The number of nitrogen functional groups attached to an aromatic ring is 1. The van der Waals surface area contributed by atoms with E-state index in [1.165, 1.54) is 0 Å². The molecule has 0 unspecified atom stereocenters. The number of amides is 1. The second-order valence-corrected chi connectivity index (χ2v) is 9.50. The Labute approximate surface area is 232 Å². The Morgan fingerprint density at radius 2 is 1.73 bits per heavy atom. The number of aliphatic hydroxyl groups excluding tert-OH is 1. The maximum Gasteiger partial charge on any atom is 0.255 e. The molecule has 0 spiro atoms. The molecule has 0 saturated carbocycles. The van der Waals surface area contributed by atoms with E-state index in [0.29, 0.717) is 22.4 Å². The van der Waals surface area contributed by atoms with E-state index in [1.54, 1.807) is 30.3 Å². The van der Waals surface area contributed by atoms with Gasteiger partial charge < -0.3 is 36.0 Å². The van der Waals surface area contributed by atoms with E-state index in [1.807, 2.05) is 55.4 Å². The normalized spacial score (nSPS) is 13.1. The van der Waals surface area contributed by atoms with Gasteiger partial charge in [0.2, 0.25) is 11.9 Å². The number of hydrogen-bond acceptors (Lipinski definition) is 10. The van der Waals surface area contributed by atoms with Crippen molar-refractivity contribution in [2.75, 3.05) is 66.6 Å². The minimum atomic E-state index is -0.345. The van der Waals surface area contributed by atoms with Crippen molar-refractivity contribution in [2.45, 2.75) is 6.61 Å². The Balaban J connectivity index is 1.36. The molecule has 4 aromatic rings. The van der Waals surface area contributed by atoms with Gasteiger partial charge in [-0.1, -0.05) is 12.1 Å². The van der Waals surface area contributed by atoms with Crippen LogP contribution in [-0.4, -0.2) is 66.4 Å².